The smallest absolute Gasteiger partial charge is 0.410 e. The Labute approximate surface area is 312 Å². The van der Waals surface area contributed by atoms with Gasteiger partial charge in [-0.3, -0.25) is 9.58 Å². The topological polar surface area (TPSA) is 85.2 Å². The minimum Gasteiger partial charge on any atom is -0.473 e. The number of para-hydroxylation sites is 1. The minimum absolute atomic E-state index is 0.164. The van der Waals surface area contributed by atoms with Crippen molar-refractivity contribution >= 4 is 22.7 Å². The van der Waals surface area contributed by atoms with Crippen LogP contribution >= 0.6 is 0 Å². The summed E-state index contributed by atoms with van der Waals surface area (Å²) in [6.07, 6.45) is 3.16. The number of anilines is 1. The van der Waals surface area contributed by atoms with Gasteiger partial charge in [-0.1, -0.05) is 72.8 Å². The summed E-state index contributed by atoms with van der Waals surface area (Å²) in [6.45, 7) is 11.4. The molecular formula is C43H50N6O4. The number of piperazine rings is 1. The van der Waals surface area contributed by atoms with Crippen molar-refractivity contribution in [3.8, 4) is 23.0 Å². The quantitative estimate of drug-likeness (QED) is 0.146. The van der Waals surface area contributed by atoms with Crippen molar-refractivity contribution in [2.24, 2.45) is 13.0 Å². The van der Waals surface area contributed by atoms with Gasteiger partial charge in [-0.25, -0.2) is 4.79 Å². The van der Waals surface area contributed by atoms with Crippen LogP contribution in [0.5, 0.6) is 11.8 Å². The van der Waals surface area contributed by atoms with Gasteiger partial charge in [-0.2, -0.15) is 10.1 Å². The van der Waals surface area contributed by atoms with E-state index in [-0.39, 0.29) is 12.1 Å². The molecule has 0 radical (unpaired) electrons. The van der Waals surface area contributed by atoms with Crippen LogP contribution in [0.3, 0.4) is 0 Å². The standard InChI is InChI=1S/C43H50N6O4/c1-43(2,3)53-42(50)49-27-33-24-34(49)26-48(33)25-30-20-22-47(23-21-30)37-17-11-16-35-39(45-46(4)40(35)37)36-18-19-38(51-28-31-12-7-5-8-13-31)44-41(36)52-29-32-14-9-6-10-15-32/h5-19,30,33-34H,20-29H2,1-4H3/t33-,34-/m1/s1. The number of hydrogen-bond acceptors (Lipinski definition) is 8. The monoisotopic (exact) mass is 714 g/mol. The molecule has 0 saturated carbocycles. The summed E-state index contributed by atoms with van der Waals surface area (Å²) in [5, 5.41) is 6.15. The van der Waals surface area contributed by atoms with Gasteiger partial charge in [0.25, 0.3) is 0 Å². The summed E-state index contributed by atoms with van der Waals surface area (Å²) in [6, 6.07) is 31.4. The van der Waals surface area contributed by atoms with Crippen LogP contribution in [0, 0.1) is 5.92 Å². The predicted octanol–water partition coefficient (Wildman–Crippen LogP) is 7.70. The molecule has 276 valence electrons. The lowest BCUT2D eigenvalue weighted by atomic mass is 9.95. The van der Waals surface area contributed by atoms with Crippen molar-refractivity contribution in [2.75, 3.05) is 37.6 Å². The van der Waals surface area contributed by atoms with Crippen LogP contribution in [0.2, 0.25) is 0 Å². The molecule has 3 aliphatic heterocycles. The van der Waals surface area contributed by atoms with Crippen LogP contribution in [0.15, 0.2) is 91.0 Å². The Morgan fingerprint density at radius 2 is 1.51 bits per heavy atom. The Kier molecular flexibility index (Phi) is 9.72. The fourth-order valence-corrected chi connectivity index (χ4v) is 8.23. The molecule has 0 N–H and O–H groups in total. The lowest BCUT2D eigenvalue weighted by Gasteiger charge is -2.39. The number of carbonyl (C=O) groups is 1. The predicted molar refractivity (Wildman–Crippen MR) is 207 cm³/mol. The maximum atomic E-state index is 12.8. The highest BCUT2D eigenvalue weighted by Crippen LogP contribution is 2.40. The molecule has 2 bridgehead atoms. The first-order chi connectivity index (χ1) is 25.7. The van der Waals surface area contributed by atoms with Crippen LogP contribution in [0.4, 0.5) is 10.5 Å². The van der Waals surface area contributed by atoms with Gasteiger partial charge in [0.2, 0.25) is 11.8 Å². The van der Waals surface area contributed by atoms with Gasteiger partial charge in [0.05, 0.1) is 16.8 Å². The lowest BCUT2D eigenvalue weighted by molar-refractivity contribution is 0.0115. The maximum Gasteiger partial charge on any atom is 0.410 e. The number of carbonyl (C=O) groups excluding carboxylic acids is 1. The summed E-state index contributed by atoms with van der Waals surface area (Å²) in [4.78, 5) is 24.7. The van der Waals surface area contributed by atoms with Crippen molar-refractivity contribution in [1.29, 1.82) is 0 Å². The summed E-state index contributed by atoms with van der Waals surface area (Å²) in [5.41, 5.74) is 5.67. The van der Waals surface area contributed by atoms with E-state index >= 15 is 0 Å². The number of piperidine rings is 1. The van der Waals surface area contributed by atoms with Gasteiger partial charge in [0, 0.05) is 63.3 Å². The molecule has 3 saturated heterocycles. The van der Waals surface area contributed by atoms with E-state index < -0.39 is 5.60 Å². The van der Waals surface area contributed by atoms with E-state index in [2.05, 4.69) is 40.1 Å². The van der Waals surface area contributed by atoms with E-state index in [4.69, 9.17) is 24.3 Å². The van der Waals surface area contributed by atoms with Crippen molar-refractivity contribution in [1.82, 2.24) is 24.6 Å². The van der Waals surface area contributed by atoms with Crippen LogP contribution in [0.1, 0.15) is 51.2 Å². The molecule has 1 amide bonds. The molecule has 3 fully saturated rings. The molecule has 8 rings (SSSR count). The Hall–Kier alpha value is -5.09. The number of nitrogens with zero attached hydrogens (tertiary/aromatic N) is 6. The summed E-state index contributed by atoms with van der Waals surface area (Å²) >= 11 is 0. The number of likely N-dealkylation sites (tertiary alicyclic amines) is 2. The first-order valence-corrected chi connectivity index (χ1v) is 19.0. The second kappa shape index (κ2) is 14.7. The molecule has 10 nitrogen and oxygen atoms in total. The Morgan fingerprint density at radius 1 is 0.811 bits per heavy atom. The molecule has 2 atom stereocenters. The number of ether oxygens (including phenoxy) is 3. The molecule has 3 aromatic carbocycles. The molecule has 5 heterocycles. The van der Waals surface area contributed by atoms with Crippen molar-refractivity contribution in [3.63, 3.8) is 0 Å². The lowest BCUT2D eigenvalue weighted by Crippen LogP contribution is -2.51. The van der Waals surface area contributed by atoms with Gasteiger partial charge in [-0.05, 0) is 69.2 Å². The molecule has 2 aromatic heterocycles. The van der Waals surface area contributed by atoms with Crippen LogP contribution in [-0.4, -0.2) is 81.1 Å². The molecule has 53 heavy (non-hydrogen) atoms. The fourth-order valence-electron chi connectivity index (χ4n) is 8.23. The third-order valence-corrected chi connectivity index (χ3v) is 10.8. The largest absolute Gasteiger partial charge is 0.473 e. The van der Waals surface area contributed by atoms with Crippen molar-refractivity contribution in [2.45, 2.75) is 70.9 Å². The third kappa shape index (κ3) is 7.69. The Morgan fingerprint density at radius 3 is 2.17 bits per heavy atom. The van der Waals surface area contributed by atoms with E-state index in [9.17, 15) is 4.79 Å². The highest BCUT2D eigenvalue weighted by molar-refractivity contribution is 6.01. The highest BCUT2D eigenvalue weighted by Gasteiger charge is 2.47. The van der Waals surface area contributed by atoms with Gasteiger partial charge < -0.3 is 24.0 Å². The SMILES string of the molecule is Cn1nc(-c2ccc(OCc3ccccc3)nc2OCc2ccccc2)c2cccc(N3CCC(CN4C[C@H]5C[C@@H]4CN5C(=O)OC(C)(C)C)CC3)c21. The molecule has 5 aromatic rings. The maximum absolute atomic E-state index is 12.8. The van der Waals surface area contributed by atoms with Crippen LogP contribution in [0.25, 0.3) is 22.2 Å². The van der Waals surface area contributed by atoms with E-state index in [0.29, 0.717) is 36.9 Å². The van der Waals surface area contributed by atoms with E-state index in [1.807, 2.05) is 98.1 Å². The number of rotatable bonds is 10. The zero-order valence-corrected chi connectivity index (χ0v) is 31.3. The number of fused-ring (bicyclic) bond motifs is 3. The van der Waals surface area contributed by atoms with Crippen LogP contribution in [-0.2, 0) is 25.0 Å². The number of amides is 1. The molecular weight excluding hydrogens is 665 g/mol. The first-order valence-electron chi connectivity index (χ1n) is 19.0. The van der Waals surface area contributed by atoms with Crippen molar-refractivity contribution in [3.05, 3.63) is 102 Å². The van der Waals surface area contributed by atoms with Crippen molar-refractivity contribution < 1.29 is 19.0 Å². The Balaban J connectivity index is 0.967. The molecule has 3 aliphatic rings. The van der Waals surface area contributed by atoms with Gasteiger partial charge in [0.1, 0.15) is 24.5 Å². The van der Waals surface area contributed by atoms with Gasteiger partial charge in [0.15, 0.2) is 0 Å². The Bertz CT molecular complexity index is 2040. The minimum atomic E-state index is -0.463. The molecule has 0 aliphatic carbocycles. The second-order valence-corrected chi connectivity index (χ2v) is 15.8. The summed E-state index contributed by atoms with van der Waals surface area (Å²) < 4.78 is 20.2. The number of aromatic nitrogens is 3. The fraction of sp³-hybridized carbons (Fsp3) is 0.419. The third-order valence-electron chi connectivity index (χ3n) is 10.8. The zero-order valence-electron chi connectivity index (χ0n) is 31.3. The van der Waals surface area contributed by atoms with E-state index in [1.54, 1.807) is 0 Å². The molecule has 0 unspecified atom stereocenters. The normalized spacial score (nSPS) is 19.2. The average molecular weight is 715 g/mol. The molecule has 0 spiro atoms. The first kappa shape index (κ1) is 35.0. The zero-order chi connectivity index (χ0) is 36.5. The summed E-state index contributed by atoms with van der Waals surface area (Å²) in [5.74, 6) is 1.64. The van der Waals surface area contributed by atoms with E-state index in [1.165, 1.54) is 5.69 Å². The number of hydrogen-bond donors (Lipinski definition) is 0. The second-order valence-electron chi connectivity index (χ2n) is 15.8. The van der Waals surface area contributed by atoms with Gasteiger partial charge >= 0.3 is 6.09 Å². The number of pyridine rings is 1. The number of aryl methyl sites for hydroxylation is 1. The van der Waals surface area contributed by atoms with Gasteiger partial charge in [-0.15, -0.1) is 0 Å². The average Bonchev–Trinajstić information content (AvgIpc) is 3.87. The van der Waals surface area contributed by atoms with E-state index in [0.717, 1.165) is 85.3 Å². The number of benzene rings is 3. The molecule has 10 heteroatoms. The summed E-state index contributed by atoms with van der Waals surface area (Å²) in [7, 11) is 2.03. The highest BCUT2D eigenvalue weighted by atomic mass is 16.6. The van der Waals surface area contributed by atoms with Crippen LogP contribution < -0.4 is 14.4 Å².